The van der Waals surface area contributed by atoms with Gasteiger partial charge in [-0.25, -0.2) is 19.3 Å². The van der Waals surface area contributed by atoms with Gasteiger partial charge in [0, 0.05) is 24.0 Å². The van der Waals surface area contributed by atoms with Gasteiger partial charge in [0.15, 0.2) is 5.65 Å². The van der Waals surface area contributed by atoms with Crippen molar-refractivity contribution in [3.8, 4) is 17.3 Å². The molecule has 2 aromatic carbocycles. The molecular weight excluding hydrogens is 503 g/mol. The van der Waals surface area contributed by atoms with Gasteiger partial charge in [0.2, 0.25) is 0 Å². The van der Waals surface area contributed by atoms with E-state index in [2.05, 4.69) is 21.1 Å². The van der Waals surface area contributed by atoms with Gasteiger partial charge in [-0.2, -0.15) is 10.4 Å². The summed E-state index contributed by atoms with van der Waals surface area (Å²) in [4.78, 5) is 23.4. The van der Waals surface area contributed by atoms with Crippen molar-refractivity contribution in [1.29, 1.82) is 5.26 Å². The summed E-state index contributed by atoms with van der Waals surface area (Å²) in [6.45, 7) is 2.84. The standard InChI is InChI=1S/C29H22N6O3.Na.H/c30-18-19-4-6-20(7-5-19)27-25(33-28-26(12-13-31-35(27)28)34-14-16-38-17-15-34)11-9-21-8-10-22-23(29(36)37)2-1-3-24(22)32-21;;/h1-13H,14-17H2,(H,36,37);;. The second-order valence-corrected chi connectivity index (χ2v) is 8.83. The first-order valence-electron chi connectivity index (χ1n) is 12.1. The van der Waals surface area contributed by atoms with Gasteiger partial charge in [-0.1, -0.05) is 18.2 Å². The average molecular weight is 527 g/mol. The Morgan fingerprint density at radius 1 is 1.00 bits per heavy atom. The van der Waals surface area contributed by atoms with Gasteiger partial charge in [-0.05, 0) is 54.6 Å². The molecule has 0 spiro atoms. The molecule has 9 nitrogen and oxygen atoms in total. The summed E-state index contributed by atoms with van der Waals surface area (Å²) < 4.78 is 7.36. The summed E-state index contributed by atoms with van der Waals surface area (Å²) >= 11 is 0. The van der Waals surface area contributed by atoms with E-state index in [1.165, 1.54) is 0 Å². The third-order valence-corrected chi connectivity index (χ3v) is 6.56. The number of hydrogen-bond acceptors (Lipinski definition) is 7. The van der Waals surface area contributed by atoms with E-state index >= 15 is 0 Å². The third-order valence-electron chi connectivity index (χ3n) is 6.56. The second kappa shape index (κ2) is 11.4. The maximum absolute atomic E-state index is 11.6. The summed E-state index contributed by atoms with van der Waals surface area (Å²) in [5, 5.41) is 23.9. The van der Waals surface area contributed by atoms with Crippen LogP contribution in [0.25, 0.3) is 40.0 Å². The fourth-order valence-corrected chi connectivity index (χ4v) is 4.71. The van der Waals surface area contributed by atoms with Crippen molar-refractivity contribution in [3.63, 3.8) is 0 Å². The zero-order chi connectivity index (χ0) is 26.1. The van der Waals surface area contributed by atoms with E-state index in [1.807, 2.05) is 34.9 Å². The first kappa shape index (κ1) is 26.5. The summed E-state index contributed by atoms with van der Waals surface area (Å²) in [6.07, 6.45) is 5.52. The molecule has 1 aliphatic heterocycles. The predicted octanol–water partition coefficient (Wildman–Crippen LogP) is 3.87. The first-order valence-corrected chi connectivity index (χ1v) is 12.1. The van der Waals surface area contributed by atoms with Crippen molar-refractivity contribution in [1.82, 2.24) is 19.6 Å². The molecule has 0 atom stereocenters. The Hall–Kier alpha value is -4.07. The van der Waals surface area contributed by atoms with Crippen LogP contribution in [0, 0.1) is 11.3 Å². The molecular formula is C29H23N6NaO3. The van der Waals surface area contributed by atoms with E-state index in [9.17, 15) is 15.2 Å². The van der Waals surface area contributed by atoms with Gasteiger partial charge >= 0.3 is 35.5 Å². The van der Waals surface area contributed by atoms with E-state index in [4.69, 9.17) is 9.72 Å². The number of imidazole rings is 1. The molecule has 0 radical (unpaired) electrons. The number of nitriles is 1. The van der Waals surface area contributed by atoms with Crippen molar-refractivity contribution in [2.24, 2.45) is 0 Å². The molecule has 1 saturated heterocycles. The van der Waals surface area contributed by atoms with Crippen LogP contribution in [0.4, 0.5) is 5.69 Å². The van der Waals surface area contributed by atoms with E-state index in [0.29, 0.717) is 41.1 Å². The van der Waals surface area contributed by atoms with Crippen LogP contribution in [0.2, 0.25) is 0 Å². The quantitative estimate of drug-likeness (QED) is 0.343. The normalized spacial score (nSPS) is 13.5. The molecule has 0 saturated carbocycles. The Kier molecular flexibility index (Phi) is 7.72. The van der Waals surface area contributed by atoms with Gasteiger partial charge < -0.3 is 14.7 Å². The van der Waals surface area contributed by atoms with Gasteiger partial charge in [-0.3, -0.25) is 0 Å². The Morgan fingerprint density at radius 2 is 1.79 bits per heavy atom. The van der Waals surface area contributed by atoms with E-state index in [-0.39, 0.29) is 35.1 Å². The van der Waals surface area contributed by atoms with Crippen LogP contribution in [-0.2, 0) is 4.74 Å². The van der Waals surface area contributed by atoms with Crippen molar-refractivity contribution in [2.75, 3.05) is 31.2 Å². The average Bonchev–Trinajstić information content (AvgIpc) is 3.34. The molecule has 188 valence electrons. The van der Waals surface area contributed by atoms with Crippen molar-refractivity contribution >= 4 is 69.9 Å². The number of carboxylic acids is 1. The molecule has 1 aliphatic rings. The van der Waals surface area contributed by atoms with Crippen LogP contribution >= 0.6 is 0 Å². The first-order chi connectivity index (χ1) is 18.6. The number of rotatable bonds is 5. The zero-order valence-corrected chi connectivity index (χ0v) is 20.3. The molecule has 10 heteroatoms. The van der Waals surface area contributed by atoms with Crippen LogP contribution in [0.15, 0.2) is 66.9 Å². The minimum absolute atomic E-state index is 0. The summed E-state index contributed by atoms with van der Waals surface area (Å²) in [6, 6.07) is 20.1. The Morgan fingerprint density at radius 3 is 2.54 bits per heavy atom. The molecule has 6 rings (SSSR count). The number of aromatic carboxylic acids is 1. The maximum atomic E-state index is 11.6. The molecule has 0 amide bonds. The molecule has 4 heterocycles. The number of fused-ring (bicyclic) bond motifs is 2. The van der Waals surface area contributed by atoms with Gasteiger partial charge in [0.05, 0.1) is 59.2 Å². The number of anilines is 1. The second-order valence-electron chi connectivity index (χ2n) is 8.83. The number of carboxylic acid groups (broad SMARTS) is 1. The van der Waals surface area contributed by atoms with Crippen LogP contribution in [0.3, 0.4) is 0 Å². The van der Waals surface area contributed by atoms with Gasteiger partial charge in [0.25, 0.3) is 0 Å². The SMILES string of the molecule is N#Cc1ccc(-c2c(C=Cc3ccc4c(C(=O)O)cccc4n3)nc3c(N4CCOCC4)ccnn23)cc1.[NaH]. The fourth-order valence-electron chi connectivity index (χ4n) is 4.71. The Balaban J connectivity index is 0.00000308. The van der Waals surface area contributed by atoms with Crippen LogP contribution in [0.1, 0.15) is 27.3 Å². The Bertz CT molecular complexity index is 1750. The van der Waals surface area contributed by atoms with Gasteiger partial charge in [-0.15, -0.1) is 0 Å². The summed E-state index contributed by atoms with van der Waals surface area (Å²) in [5.41, 5.74) is 6.14. The molecule has 3 aromatic heterocycles. The minimum atomic E-state index is -0.985. The number of hydrogen-bond donors (Lipinski definition) is 1. The molecule has 1 fully saturated rings. The van der Waals surface area contributed by atoms with Crippen molar-refractivity contribution in [3.05, 3.63) is 89.4 Å². The third kappa shape index (κ3) is 5.15. The van der Waals surface area contributed by atoms with Crippen LogP contribution in [-0.4, -0.2) is 86.5 Å². The molecule has 39 heavy (non-hydrogen) atoms. The fraction of sp³-hybridized carbons (Fsp3) is 0.138. The monoisotopic (exact) mass is 526 g/mol. The molecule has 1 N–H and O–H groups in total. The molecule has 0 unspecified atom stereocenters. The summed E-state index contributed by atoms with van der Waals surface area (Å²) in [5.74, 6) is -0.985. The molecule has 0 bridgehead atoms. The number of nitrogens with zero attached hydrogens (tertiary/aromatic N) is 6. The Labute approximate surface area is 246 Å². The van der Waals surface area contributed by atoms with Crippen molar-refractivity contribution < 1.29 is 14.6 Å². The van der Waals surface area contributed by atoms with Gasteiger partial charge in [0.1, 0.15) is 5.69 Å². The zero-order valence-electron chi connectivity index (χ0n) is 20.3. The van der Waals surface area contributed by atoms with E-state index in [0.717, 1.165) is 35.7 Å². The number of morpholine rings is 1. The number of aromatic nitrogens is 4. The predicted molar refractivity (Wildman–Crippen MR) is 151 cm³/mol. The van der Waals surface area contributed by atoms with Crippen LogP contribution < -0.4 is 4.90 Å². The van der Waals surface area contributed by atoms with Crippen molar-refractivity contribution in [2.45, 2.75) is 0 Å². The number of pyridine rings is 1. The summed E-state index contributed by atoms with van der Waals surface area (Å²) in [7, 11) is 0. The molecule has 0 aliphatic carbocycles. The number of carbonyl (C=O) groups is 1. The number of benzene rings is 2. The van der Waals surface area contributed by atoms with E-state index < -0.39 is 5.97 Å². The molecule has 5 aromatic rings. The number of ether oxygens (including phenoxy) is 1. The van der Waals surface area contributed by atoms with E-state index in [1.54, 1.807) is 48.7 Å². The van der Waals surface area contributed by atoms with Crippen LogP contribution in [0.5, 0.6) is 0 Å². The topological polar surface area (TPSA) is 117 Å².